The first kappa shape index (κ1) is 20.1. The summed E-state index contributed by atoms with van der Waals surface area (Å²) in [5, 5.41) is 11.9. The van der Waals surface area contributed by atoms with E-state index in [1.807, 2.05) is 30.5 Å². The van der Waals surface area contributed by atoms with Gasteiger partial charge in [0.15, 0.2) is 11.0 Å². The Hall–Kier alpha value is -2.65. The first-order chi connectivity index (χ1) is 13.5. The molecule has 0 spiro atoms. The van der Waals surface area contributed by atoms with Crippen LogP contribution in [-0.4, -0.2) is 45.4 Å². The molecule has 148 valence electrons. The van der Waals surface area contributed by atoms with Crippen molar-refractivity contribution in [3.63, 3.8) is 0 Å². The molecule has 0 aliphatic carbocycles. The first-order valence-electron chi connectivity index (χ1n) is 8.75. The molecule has 2 heterocycles. The molecule has 9 heteroatoms. The summed E-state index contributed by atoms with van der Waals surface area (Å²) in [5.74, 6) is 1.13. The number of halogens is 1. The number of benzene rings is 1. The maximum Gasteiger partial charge on any atom is 0.230 e. The molecule has 0 unspecified atom stereocenters. The number of hydrogen-bond acceptors (Lipinski definition) is 6. The van der Waals surface area contributed by atoms with Crippen LogP contribution < -0.4 is 5.32 Å². The molecule has 0 bridgehead atoms. The van der Waals surface area contributed by atoms with Crippen molar-refractivity contribution >= 4 is 17.7 Å². The van der Waals surface area contributed by atoms with E-state index >= 15 is 0 Å². The van der Waals surface area contributed by atoms with E-state index in [2.05, 4.69) is 15.5 Å². The summed E-state index contributed by atoms with van der Waals surface area (Å²) in [5.41, 5.74) is 0.744. The maximum absolute atomic E-state index is 13.4. The Labute approximate surface area is 166 Å². The molecule has 1 aromatic carbocycles. The van der Waals surface area contributed by atoms with Gasteiger partial charge in [0.25, 0.3) is 0 Å². The predicted molar refractivity (Wildman–Crippen MR) is 105 cm³/mol. The highest BCUT2D eigenvalue weighted by Gasteiger charge is 2.21. The molecule has 7 nitrogen and oxygen atoms in total. The van der Waals surface area contributed by atoms with Gasteiger partial charge in [-0.3, -0.25) is 14.3 Å². The fraction of sp³-hybridized carbons (Fsp3) is 0.316. The Bertz CT molecular complexity index is 909. The summed E-state index contributed by atoms with van der Waals surface area (Å²) in [6, 6.07) is 9.69. The lowest BCUT2D eigenvalue weighted by Gasteiger charge is -2.20. The molecule has 0 radical (unpaired) electrons. The molecule has 28 heavy (non-hydrogen) atoms. The van der Waals surface area contributed by atoms with Crippen LogP contribution in [0.1, 0.15) is 24.6 Å². The van der Waals surface area contributed by atoms with E-state index in [0.717, 1.165) is 11.5 Å². The van der Waals surface area contributed by atoms with Crippen molar-refractivity contribution in [1.82, 2.24) is 25.0 Å². The second kappa shape index (κ2) is 9.03. The lowest BCUT2D eigenvalue weighted by atomic mass is 10.2. The lowest BCUT2D eigenvalue weighted by Crippen LogP contribution is -2.24. The molecule has 3 rings (SSSR count). The van der Waals surface area contributed by atoms with Gasteiger partial charge < -0.3 is 9.73 Å². The van der Waals surface area contributed by atoms with Gasteiger partial charge in [-0.1, -0.05) is 11.8 Å². The van der Waals surface area contributed by atoms with Crippen LogP contribution in [0.15, 0.2) is 52.2 Å². The maximum atomic E-state index is 13.4. The van der Waals surface area contributed by atoms with Crippen molar-refractivity contribution in [3.05, 3.63) is 60.1 Å². The monoisotopic (exact) mass is 403 g/mol. The van der Waals surface area contributed by atoms with Crippen molar-refractivity contribution < 1.29 is 13.6 Å². The Kier molecular flexibility index (Phi) is 6.48. The van der Waals surface area contributed by atoms with Gasteiger partial charge in [0, 0.05) is 5.69 Å². The van der Waals surface area contributed by atoms with Gasteiger partial charge in [0.2, 0.25) is 5.91 Å². The Morgan fingerprint density at radius 2 is 2.04 bits per heavy atom. The van der Waals surface area contributed by atoms with Crippen LogP contribution in [0.2, 0.25) is 0 Å². The zero-order valence-corrected chi connectivity index (χ0v) is 16.7. The van der Waals surface area contributed by atoms with Gasteiger partial charge in [-0.15, -0.1) is 10.2 Å². The average Bonchev–Trinajstić information content (AvgIpc) is 3.34. The van der Waals surface area contributed by atoms with Crippen LogP contribution in [0.3, 0.4) is 0 Å². The molecule has 0 saturated heterocycles. The Morgan fingerprint density at radius 3 is 2.68 bits per heavy atom. The second-order valence-electron chi connectivity index (χ2n) is 6.44. The number of thioether (sulfide) groups is 1. The molecule has 1 amide bonds. The van der Waals surface area contributed by atoms with Gasteiger partial charge in [0.1, 0.15) is 11.6 Å². The minimum absolute atomic E-state index is 0.0142. The molecule has 0 aliphatic heterocycles. The van der Waals surface area contributed by atoms with Crippen LogP contribution in [0.25, 0.3) is 5.69 Å². The standard InChI is InChI=1S/C19H22FN5O2S/c1-13(24(2)3)18-22-23-19(25(18)15-8-6-14(20)7-9-15)28-12-17(26)21-11-16-5-4-10-27-16/h4-10,13H,11-12H2,1-3H3,(H,21,26)/t13-/m0/s1. The van der Waals surface area contributed by atoms with Gasteiger partial charge in [-0.25, -0.2) is 4.39 Å². The average molecular weight is 403 g/mol. The molecular formula is C19H22FN5O2S. The molecule has 0 fully saturated rings. The van der Waals surface area contributed by atoms with E-state index in [1.165, 1.54) is 23.9 Å². The van der Waals surface area contributed by atoms with E-state index in [4.69, 9.17) is 4.42 Å². The zero-order chi connectivity index (χ0) is 20.1. The third kappa shape index (κ3) is 4.79. The third-order valence-corrected chi connectivity index (χ3v) is 5.19. The summed E-state index contributed by atoms with van der Waals surface area (Å²) in [7, 11) is 3.90. The molecule has 0 aliphatic rings. The van der Waals surface area contributed by atoms with Gasteiger partial charge in [0.05, 0.1) is 24.6 Å². The van der Waals surface area contributed by atoms with Crippen LogP contribution in [0.4, 0.5) is 4.39 Å². The van der Waals surface area contributed by atoms with Crippen molar-refractivity contribution in [2.75, 3.05) is 19.8 Å². The molecule has 3 aromatic rings. The number of carbonyl (C=O) groups excluding carboxylic acids is 1. The summed E-state index contributed by atoms with van der Waals surface area (Å²) in [6.45, 7) is 2.34. The molecule has 0 saturated carbocycles. The number of furan rings is 1. The van der Waals surface area contributed by atoms with Crippen molar-refractivity contribution in [3.8, 4) is 5.69 Å². The van der Waals surface area contributed by atoms with E-state index < -0.39 is 0 Å². The molecule has 1 N–H and O–H groups in total. The summed E-state index contributed by atoms with van der Waals surface area (Å²) in [4.78, 5) is 14.2. The normalized spacial score (nSPS) is 12.3. The van der Waals surface area contributed by atoms with Crippen LogP contribution in [0, 0.1) is 5.82 Å². The summed E-state index contributed by atoms with van der Waals surface area (Å²) in [6.07, 6.45) is 1.56. The van der Waals surface area contributed by atoms with Crippen LogP contribution in [0.5, 0.6) is 0 Å². The van der Waals surface area contributed by atoms with Gasteiger partial charge in [-0.2, -0.15) is 0 Å². The molecule has 1 atom stereocenters. The highest BCUT2D eigenvalue weighted by atomic mass is 32.2. The quantitative estimate of drug-likeness (QED) is 0.583. The van der Waals surface area contributed by atoms with E-state index in [0.29, 0.717) is 17.5 Å². The van der Waals surface area contributed by atoms with Crippen LogP contribution in [-0.2, 0) is 11.3 Å². The summed E-state index contributed by atoms with van der Waals surface area (Å²) < 4.78 is 20.4. The first-order valence-corrected chi connectivity index (χ1v) is 9.74. The number of rotatable bonds is 8. The smallest absolute Gasteiger partial charge is 0.230 e. The highest BCUT2D eigenvalue weighted by Crippen LogP contribution is 2.26. The Balaban J connectivity index is 1.76. The minimum atomic E-state index is -0.314. The fourth-order valence-corrected chi connectivity index (χ4v) is 3.28. The van der Waals surface area contributed by atoms with Crippen molar-refractivity contribution in [2.24, 2.45) is 0 Å². The van der Waals surface area contributed by atoms with E-state index in [-0.39, 0.29) is 23.5 Å². The highest BCUT2D eigenvalue weighted by molar-refractivity contribution is 7.99. The van der Waals surface area contributed by atoms with E-state index in [1.54, 1.807) is 30.5 Å². The molecule has 2 aromatic heterocycles. The SMILES string of the molecule is C[C@@H](c1nnc(SCC(=O)NCc2ccco2)n1-c1ccc(F)cc1)N(C)C. The van der Waals surface area contributed by atoms with Gasteiger partial charge in [-0.05, 0) is 57.4 Å². The predicted octanol–water partition coefficient (Wildman–Crippen LogP) is 3.03. The minimum Gasteiger partial charge on any atom is -0.467 e. The van der Waals surface area contributed by atoms with Crippen molar-refractivity contribution in [2.45, 2.75) is 24.7 Å². The van der Waals surface area contributed by atoms with Crippen molar-refractivity contribution in [1.29, 1.82) is 0 Å². The largest absolute Gasteiger partial charge is 0.467 e. The number of nitrogens with zero attached hydrogens (tertiary/aromatic N) is 4. The number of carbonyl (C=O) groups is 1. The number of aromatic nitrogens is 3. The van der Waals surface area contributed by atoms with Gasteiger partial charge >= 0.3 is 0 Å². The second-order valence-corrected chi connectivity index (χ2v) is 7.38. The number of hydrogen-bond donors (Lipinski definition) is 1. The Morgan fingerprint density at radius 1 is 1.29 bits per heavy atom. The zero-order valence-electron chi connectivity index (χ0n) is 15.9. The number of amides is 1. The fourth-order valence-electron chi connectivity index (χ4n) is 2.49. The molecular weight excluding hydrogens is 381 g/mol. The third-order valence-electron chi connectivity index (χ3n) is 4.26. The van der Waals surface area contributed by atoms with Crippen LogP contribution >= 0.6 is 11.8 Å². The summed E-state index contributed by atoms with van der Waals surface area (Å²) >= 11 is 1.28. The van der Waals surface area contributed by atoms with E-state index in [9.17, 15) is 9.18 Å². The lowest BCUT2D eigenvalue weighted by molar-refractivity contribution is -0.118. The topological polar surface area (TPSA) is 76.2 Å². The number of nitrogens with one attached hydrogen (secondary N) is 1.